The summed E-state index contributed by atoms with van der Waals surface area (Å²) in [5.74, 6) is 0.130. The number of aryl methyl sites for hydroxylation is 1. The lowest BCUT2D eigenvalue weighted by molar-refractivity contribution is -0.933. The van der Waals surface area contributed by atoms with Crippen molar-refractivity contribution in [2.24, 2.45) is 0 Å². The Bertz CT molecular complexity index is 510. The molecule has 0 spiro atoms. The topological polar surface area (TPSA) is 32.3 Å². The van der Waals surface area contributed by atoms with E-state index in [4.69, 9.17) is 0 Å². The Kier molecular flexibility index (Phi) is 3.84. The summed E-state index contributed by atoms with van der Waals surface area (Å²) in [5, 5.41) is 3.05. The van der Waals surface area contributed by atoms with Crippen LogP contribution < -0.4 is 5.32 Å². The van der Waals surface area contributed by atoms with Crippen LogP contribution in [0.1, 0.15) is 5.56 Å². The first-order chi connectivity index (χ1) is 9.56. The van der Waals surface area contributed by atoms with Gasteiger partial charge in [-0.1, -0.05) is 6.07 Å². The Labute approximate surface area is 128 Å². The maximum atomic E-state index is 12.3. The number of anilines is 1. The van der Waals surface area contributed by atoms with E-state index in [2.05, 4.69) is 26.1 Å². The highest BCUT2D eigenvalue weighted by Gasteiger charge is 2.39. The molecule has 4 nitrogen and oxygen atoms in total. The summed E-state index contributed by atoms with van der Waals surface area (Å²) in [6.07, 6.45) is 0. The molecule has 0 unspecified atom stereocenters. The number of benzene rings is 1. The number of fused-ring (bicyclic) bond motifs is 3. The summed E-state index contributed by atoms with van der Waals surface area (Å²) in [5.41, 5.74) is 2.05. The number of quaternary nitrogens is 1. The molecule has 1 aromatic rings. The van der Waals surface area contributed by atoms with E-state index in [1.54, 1.807) is 0 Å². The average molecular weight is 339 g/mol. The molecule has 1 amide bonds. The van der Waals surface area contributed by atoms with Crippen molar-refractivity contribution >= 4 is 27.5 Å². The molecule has 3 aliphatic heterocycles. The number of carbonyl (C=O) groups excluding carboxylic acids is 1. The van der Waals surface area contributed by atoms with Crippen molar-refractivity contribution in [1.82, 2.24) is 4.90 Å². The second kappa shape index (κ2) is 5.47. The molecule has 0 aliphatic carbocycles. The van der Waals surface area contributed by atoms with Crippen molar-refractivity contribution in [3.8, 4) is 0 Å². The van der Waals surface area contributed by atoms with Gasteiger partial charge in [0.2, 0.25) is 0 Å². The first-order valence-corrected chi connectivity index (χ1v) is 7.99. The lowest BCUT2D eigenvalue weighted by atomic mass is 10.1. The lowest BCUT2D eigenvalue weighted by Gasteiger charge is -2.50. The molecule has 4 rings (SSSR count). The molecular formula is C15H21BrN3O+. The molecule has 3 fully saturated rings. The summed E-state index contributed by atoms with van der Waals surface area (Å²) in [7, 11) is 0. The predicted molar refractivity (Wildman–Crippen MR) is 83.7 cm³/mol. The van der Waals surface area contributed by atoms with Gasteiger partial charge in [0.05, 0.1) is 25.3 Å². The second-order valence-electron chi connectivity index (χ2n) is 6.04. The van der Waals surface area contributed by atoms with Gasteiger partial charge in [0.15, 0.2) is 6.54 Å². The Hall–Kier alpha value is -0.910. The number of nitrogens with one attached hydrogen (secondary N) is 1. The molecule has 1 aromatic carbocycles. The number of rotatable bonds is 3. The molecule has 20 heavy (non-hydrogen) atoms. The van der Waals surface area contributed by atoms with Crippen LogP contribution in [-0.2, 0) is 4.79 Å². The van der Waals surface area contributed by atoms with Crippen molar-refractivity contribution in [3.63, 3.8) is 0 Å². The van der Waals surface area contributed by atoms with E-state index in [1.807, 2.05) is 25.1 Å². The van der Waals surface area contributed by atoms with Crippen LogP contribution in [0.2, 0.25) is 0 Å². The molecule has 3 heterocycles. The molecule has 2 bridgehead atoms. The van der Waals surface area contributed by atoms with Gasteiger partial charge in [0.1, 0.15) is 0 Å². The zero-order valence-corrected chi connectivity index (χ0v) is 13.4. The number of halogens is 1. The quantitative estimate of drug-likeness (QED) is 0.853. The van der Waals surface area contributed by atoms with Crippen LogP contribution in [0.4, 0.5) is 5.69 Å². The first-order valence-electron chi connectivity index (χ1n) is 7.20. The highest BCUT2D eigenvalue weighted by atomic mass is 79.9. The van der Waals surface area contributed by atoms with E-state index in [0.717, 1.165) is 53.9 Å². The fourth-order valence-electron chi connectivity index (χ4n) is 3.18. The van der Waals surface area contributed by atoms with Crippen LogP contribution in [-0.4, -0.2) is 61.1 Å². The van der Waals surface area contributed by atoms with E-state index in [1.165, 1.54) is 5.56 Å². The molecule has 3 saturated heterocycles. The minimum Gasteiger partial charge on any atom is -0.320 e. The molecular weight excluding hydrogens is 318 g/mol. The van der Waals surface area contributed by atoms with E-state index in [0.29, 0.717) is 6.54 Å². The summed E-state index contributed by atoms with van der Waals surface area (Å²) < 4.78 is 1.92. The van der Waals surface area contributed by atoms with Gasteiger partial charge >= 0.3 is 0 Å². The third kappa shape index (κ3) is 2.90. The van der Waals surface area contributed by atoms with Crippen LogP contribution in [0.15, 0.2) is 22.7 Å². The molecule has 108 valence electrons. The van der Waals surface area contributed by atoms with E-state index < -0.39 is 0 Å². The number of carbonyl (C=O) groups is 1. The fourth-order valence-corrected chi connectivity index (χ4v) is 3.78. The summed E-state index contributed by atoms with van der Waals surface area (Å²) in [4.78, 5) is 14.8. The number of amides is 1. The van der Waals surface area contributed by atoms with Gasteiger partial charge in [0.25, 0.3) is 5.91 Å². The van der Waals surface area contributed by atoms with Crippen molar-refractivity contribution < 1.29 is 9.28 Å². The molecule has 3 aliphatic rings. The summed E-state index contributed by atoms with van der Waals surface area (Å²) >= 11 is 3.51. The summed E-state index contributed by atoms with van der Waals surface area (Å²) in [6, 6.07) is 6.01. The van der Waals surface area contributed by atoms with Crippen LogP contribution in [0.25, 0.3) is 0 Å². The molecule has 0 atom stereocenters. The zero-order chi connectivity index (χ0) is 14.2. The number of nitrogens with zero attached hydrogens (tertiary/aromatic N) is 2. The average Bonchev–Trinajstić information content (AvgIpc) is 2.43. The number of hydrogen-bond donors (Lipinski definition) is 1. The Balaban J connectivity index is 1.64. The fraction of sp³-hybridized carbons (Fsp3) is 0.533. The molecule has 0 aromatic heterocycles. The van der Waals surface area contributed by atoms with Gasteiger partial charge in [-0.05, 0) is 40.5 Å². The first kappa shape index (κ1) is 14.0. The number of piperazine rings is 3. The third-order valence-electron chi connectivity index (χ3n) is 4.55. The zero-order valence-electron chi connectivity index (χ0n) is 11.9. The highest BCUT2D eigenvalue weighted by molar-refractivity contribution is 9.10. The predicted octanol–water partition coefficient (Wildman–Crippen LogP) is 1.84. The van der Waals surface area contributed by atoms with Gasteiger partial charge in [0, 0.05) is 24.1 Å². The summed E-state index contributed by atoms with van der Waals surface area (Å²) in [6.45, 7) is 9.41. The lowest BCUT2D eigenvalue weighted by Crippen LogP contribution is -2.68. The Morgan fingerprint density at radius 1 is 1.30 bits per heavy atom. The van der Waals surface area contributed by atoms with Gasteiger partial charge in [-0.2, -0.15) is 0 Å². The molecule has 0 radical (unpaired) electrons. The molecule has 1 N–H and O–H groups in total. The SMILES string of the molecule is Cc1ccc(NC(=O)C[N+]23CCN(CC2)CC3)c(Br)c1. The van der Waals surface area contributed by atoms with Crippen molar-refractivity contribution in [2.45, 2.75) is 6.92 Å². The largest absolute Gasteiger partial charge is 0.320 e. The van der Waals surface area contributed by atoms with Crippen LogP contribution in [0, 0.1) is 6.92 Å². The standard InChI is InChI=1S/C15H20BrN3O/c1-12-2-3-14(13(16)10-12)17-15(20)11-19-7-4-18(5-8-19)6-9-19/h2-3,10H,4-9,11H2,1H3/p+1. The van der Waals surface area contributed by atoms with Gasteiger partial charge in [-0.25, -0.2) is 0 Å². The maximum absolute atomic E-state index is 12.3. The second-order valence-corrected chi connectivity index (χ2v) is 6.90. The van der Waals surface area contributed by atoms with E-state index in [9.17, 15) is 4.79 Å². The molecule has 0 saturated carbocycles. The van der Waals surface area contributed by atoms with Crippen molar-refractivity contribution in [3.05, 3.63) is 28.2 Å². The minimum atomic E-state index is 0.130. The van der Waals surface area contributed by atoms with Crippen molar-refractivity contribution in [2.75, 3.05) is 51.1 Å². The third-order valence-corrected chi connectivity index (χ3v) is 5.21. The van der Waals surface area contributed by atoms with Crippen LogP contribution in [0.3, 0.4) is 0 Å². The maximum Gasteiger partial charge on any atom is 0.279 e. The van der Waals surface area contributed by atoms with E-state index in [-0.39, 0.29) is 5.91 Å². The molecule has 5 heteroatoms. The van der Waals surface area contributed by atoms with Crippen LogP contribution in [0.5, 0.6) is 0 Å². The van der Waals surface area contributed by atoms with E-state index >= 15 is 0 Å². The van der Waals surface area contributed by atoms with Gasteiger partial charge in [-0.3, -0.25) is 9.69 Å². The normalized spacial score (nSPS) is 28.4. The van der Waals surface area contributed by atoms with Crippen molar-refractivity contribution in [1.29, 1.82) is 0 Å². The monoisotopic (exact) mass is 338 g/mol. The number of hydrogen-bond acceptors (Lipinski definition) is 2. The van der Waals surface area contributed by atoms with Crippen LogP contribution >= 0.6 is 15.9 Å². The van der Waals surface area contributed by atoms with Gasteiger partial charge < -0.3 is 9.80 Å². The Morgan fingerprint density at radius 3 is 2.55 bits per heavy atom. The Morgan fingerprint density at radius 2 is 1.95 bits per heavy atom. The van der Waals surface area contributed by atoms with Gasteiger partial charge in [-0.15, -0.1) is 0 Å². The smallest absolute Gasteiger partial charge is 0.279 e. The minimum absolute atomic E-state index is 0.130. The highest BCUT2D eigenvalue weighted by Crippen LogP contribution is 2.24.